The Kier molecular flexibility index (Phi) is 3.22. The van der Waals surface area contributed by atoms with E-state index in [1.54, 1.807) is 320 Å². The maximum atomic E-state index is 17.6. The van der Waals surface area contributed by atoms with Gasteiger partial charge in [-0.05, 0) is 354 Å². The summed E-state index contributed by atoms with van der Waals surface area (Å²) in [5, 5.41) is 106. The molecule has 0 amide bonds. The van der Waals surface area contributed by atoms with Crippen molar-refractivity contribution in [2.24, 2.45) is 0 Å². The summed E-state index contributed by atoms with van der Waals surface area (Å²) in [6.07, 6.45) is 8.10. The van der Waals surface area contributed by atoms with Gasteiger partial charge in [0, 0.05) is 6.42 Å². The lowest BCUT2D eigenvalue weighted by molar-refractivity contribution is -0.258. The molecule has 1 fully saturated rings. The van der Waals surface area contributed by atoms with Crippen molar-refractivity contribution in [2.75, 3.05) is 0 Å². The zero-order chi connectivity index (χ0) is 48.3. The third-order valence-electron chi connectivity index (χ3n) is 28.4. The number of unbranched alkanes of at least 4 members (excludes halogenated alkanes) is 5. The quantitative estimate of drug-likeness (QED) is 0.107. The number of benzene rings is 18. The summed E-state index contributed by atoms with van der Waals surface area (Å²) in [5.41, 5.74) is 3.60. The molecule has 2 spiro atoms. The Morgan fingerprint density at radius 3 is 0.667 bits per heavy atom. The highest BCUT2D eigenvalue weighted by atomic mass is 16.5. The molecule has 3 nitrogen and oxygen atoms in total. The highest BCUT2D eigenvalue weighted by Gasteiger charge is 2.85. The second-order valence-corrected chi connectivity index (χ2v) is 29.7. The van der Waals surface area contributed by atoms with Crippen LogP contribution in [0.2, 0.25) is 0 Å². The topological polar surface area (TPSA) is 40.2 Å². The van der Waals surface area contributed by atoms with Crippen LogP contribution in [0.4, 0.5) is 0 Å². The Labute approximate surface area is 432 Å². The van der Waals surface area contributed by atoms with Crippen LogP contribution in [-0.2, 0) is 20.8 Å². The minimum Gasteiger partial charge on any atom is -0.300 e. The summed E-state index contributed by atoms with van der Waals surface area (Å²) in [6.45, 7) is 9.29. The molecule has 28 aromatic rings. The molecule has 33 rings (SSSR count). The second-order valence-electron chi connectivity index (χ2n) is 29.7. The van der Waals surface area contributed by atoms with Crippen molar-refractivity contribution in [3.8, 4) is 0 Å². The lowest BCUT2D eigenvalue weighted by Crippen LogP contribution is -2.61. The molecule has 3 heteroatoms. The van der Waals surface area contributed by atoms with E-state index in [1.165, 1.54) is 0 Å². The molecule has 345 valence electrons. The Balaban J connectivity index is 1.01. The number of hydrogen-bond acceptors (Lipinski definition) is 2. The van der Waals surface area contributed by atoms with Crippen molar-refractivity contribution in [3.63, 3.8) is 0 Å². The zero-order valence-electron chi connectivity index (χ0n) is 42.4. The minimum absolute atomic E-state index is 0.307. The van der Waals surface area contributed by atoms with Crippen LogP contribution in [-0.4, -0.2) is 21.9 Å². The van der Waals surface area contributed by atoms with E-state index in [2.05, 4.69) is 20.8 Å². The van der Waals surface area contributed by atoms with E-state index in [9.17, 15) is 4.79 Å². The van der Waals surface area contributed by atoms with Gasteiger partial charge in [0.25, 0.3) is 0 Å². The normalized spacial score (nSPS) is 24.4. The van der Waals surface area contributed by atoms with Gasteiger partial charge in [-0.2, -0.15) is 0 Å². The summed E-state index contributed by atoms with van der Waals surface area (Å²) in [5.74, 6) is 0.307. The van der Waals surface area contributed by atoms with Crippen LogP contribution in [0.25, 0.3) is 291 Å². The van der Waals surface area contributed by atoms with Gasteiger partial charge in [0.2, 0.25) is 0 Å². The fourth-order valence-corrected chi connectivity index (χ4v) is 28.0. The van der Waals surface area contributed by atoms with Crippen LogP contribution in [0.3, 0.4) is 0 Å². The van der Waals surface area contributed by atoms with E-state index in [-0.39, 0.29) is 0 Å². The van der Waals surface area contributed by atoms with Crippen molar-refractivity contribution in [1.82, 2.24) is 5.06 Å². The molecule has 1 heterocycles. The SMILES string of the molecule is CC(=O)CCCCCCCCC1(C)N([O])C(C)(C)C23c4c5c6c7c8c9c(c%10c%11c2c2c4c4c%12c5c5c6c6c8c8c%13c9c9c%10c%10c%11c%11c2c2c4c4c%12c%12c5c5c6c8c6c8c%13c9c9c%10c%10c%11c2c2c4c4c%12c5c6c5c8c9c%10c2c45)C713. The van der Waals surface area contributed by atoms with Gasteiger partial charge in [0.05, 0.1) is 21.9 Å². The first-order valence-electron chi connectivity index (χ1n) is 30.0. The summed E-state index contributed by atoms with van der Waals surface area (Å²) < 4.78 is 0. The number of ketones is 1. The van der Waals surface area contributed by atoms with Gasteiger partial charge in [-0.3, -0.25) is 0 Å². The van der Waals surface area contributed by atoms with Crippen LogP contribution >= 0.6 is 0 Å². The molecule has 1 atom stereocenters. The molecule has 0 N–H and O–H groups in total. The van der Waals surface area contributed by atoms with E-state index in [1.807, 2.05) is 5.06 Å². The molecule has 1 radical (unpaired) electrons. The highest BCUT2D eigenvalue weighted by molar-refractivity contribution is 6.82. The maximum absolute atomic E-state index is 17.6. The Bertz CT molecular complexity index is 7270. The van der Waals surface area contributed by atoms with Gasteiger partial charge in [-0.25, -0.2) is 0 Å². The number of nitrogens with zero attached hydrogens (tertiary/aromatic N) is 1. The van der Waals surface area contributed by atoms with Crippen molar-refractivity contribution in [1.29, 1.82) is 0 Å². The second kappa shape index (κ2) is 7.68. The average molecular weight is 975 g/mol. The maximum Gasteiger partial charge on any atom is 0.129 e. The Morgan fingerprint density at radius 1 is 0.269 bits per heavy atom. The van der Waals surface area contributed by atoms with E-state index in [0.29, 0.717) is 12.2 Å². The first-order valence-corrected chi connectivity index (χ1v) is 30.0. The molecular weight excluding hydrogens is 947 g/mol. The van der Waals surface area contributed by atoms with Crippen molar-refractivity contribution in [3.05, 3.63) is 22.3 Å². The highest BCUT2D eigenvalue weighted by Crippen LogP contribution is 2.89. The lowest BCUT2D eigenvalue weighted by atomic mass is 9.41. The smallest absolute Gasteiger partial charge is 0.129 e. The molecule has 1 saturated heterocycles. The fourth-order valence-electron chi connectivity index (χ4n) is 28.0. The number of carbonyl (C=O) groups is 1. The van der Waals surface area contributed by atoms with Gasteiger partial charge in [-0.15, -0.1) is 10.3 Å². The minimum atomic E-state index is -0.794. The molecule has 78 heavy (non-hydrogen) atoms. The molecule has 5 aliphatic rings. The standard InChI is InChI=1S/C75H28NO2/c1-13(77)11-9-7-5-6-8-10-12-73(4)75-70-64-58-48-40-30-22-18-15-14-16-20(22)28-36(30)50(58)56-46-38(28)32-24(16)25-17(14)21-23-19(15)27-26(18)34(40)44-45-35(27)41-31(23)37-29(21)39-33(25)43-42(32)52(46)60-61-53(43)47(39)57-51(37)59-49(41)55(45)67(66(70)54(44)48)71(75)65(59)63(57)69(61)74(75,68(60)62(56)64)72(2,3)76(73)78/h5-12H2,1-4H3. The Morgan fingerprint density at radius 2 is 0.449 bits per heavy atom. The third kappa shape index (κ3) is 1.85. The first kappa shape index (κ1) is 32.7. The Hall–Kier alpha value is -7.95. The van der Waals surface area contributed by atoms with Gasteiger partial charge >= 0.3 is 0 Å². The van der Waals surface area contributed by atoms with E-state index in [0.717, 1.165) is 44.9 Å². The number of Topliss-reactive ketones (excluding diaryl/α,β-unsaturated/α-hetero) is 1. The number of carbonyl (C=O) groups excluding carboxylic acids is 1. The summed E-state index contributed by atoms with van der Waals surface area (Å²) in [6, 6.07) is 0. The largest absolute Gasteiger partial charge is 0.300 e. The summed E-state index contributed by atoms with van der Waals surface area (Å²) >= 11 is 0. The van der Waals surface area contributed by atoms with Crippen LogP contribution in [0.15, 0.2) is 0 Å². The number of hydroxylamine groups is 2. The fraction of sp³-hybridized carbons (Fsp3) is 0.213. The van der Waals surface area contributed by atoms with Crippen molar-refractivity contribution < 1.29 is 10.0 Å². The predicted molar refractivity (Wildman–Crippen MR) is 326 cm³/mol. The molecule has 28 aromatic carbocycles. The van der Waals surface area contributed by atoms with Crippen molar-refractivity contribution >= 4 is 297 Å². The first-order chi connectivity index (χ1) is 38.3. The van der Waals surface area contributed by atoms with E-state index < -0.39 is 21.9 Å². The van der Waals surface area contributed by atoms with Gasteiger partial charge < -0.3 is 4.79 Å². The van der Waals surface area contributed by atoms with E-state index >= 15 is 5.21 Å². The molecule has 0 saturated carbocycles. The number of hydrogen-bond donors (Lipinski definition) is 0. The molecular formula is C75H28NO2. The van der Waals surface area contributed by atoms with Gasteiger partial charge in [0.15, 0.2) is 0 Å². The summed E-state index contributed by atoms with van der Waals surface area (Å²) in [7, 11) is 0. The molecule has 4 aliphatic carbocycles. The molecule has 1 aliphatic heterocycles. The zero-order valence-corrected chi connectivity index (χ0v) is 42.4. The lowest BCUT2D eigenvalue weighted by Gasteiger charge is -2.57. The predicted octanol–water partition coefficient (Wildman–Crippen LogP) is 20.2. The van der Waals surface area contributed by atoms with Crippen LogP contribution in [0, 0.1) is 0 Å². The molecule has 1 unspecified atom stereocenters. The monoisotopic (exact) mass is 974 g/mol. The van der Waals surface area contributed by atoms with Crippen LogP contribution in [0.1, 0.15) is 101 Å². The van der Waals surface area contributed by atoms with Crippen LogP contribution < -0.4 is 0 Å². The van der Waals surface area contributed by atoms with Crippen molar-refractivity contribution in [2.45, 2.75) is 101 Å². The van der Waals surface area contributed by atoms with E-state index in [4.69, 9.17) is 0 Å². The van der Waals surface area contributed by atoms with Crippen LogP contribution in [0.5, 0.6) is 0 Å². The molecule has 0 aromatic heterocycles. The van der Waals surface area contributed by atoms with Gasteiger partial charge in [-0.1, -0.05) is 32.1 Å². The molecule has 0 bridgehead atoms. The summed E-state index contributed by atoms with van der Waals surface area (Å²) in [4.78, 5) is 12.0. The average Bonchev–Trinajstić information content (AvgIpc) is 1.41. The van der Waals surface area contributed by atoms with Gasteiger partial charge in [0.1, 0.15) is 5.78 Å². The third-order valence-corrected chi connectivity index (χ3v) is 28.4. The number of rotatable bonds is 9.